The zero-order valence-electron chi connectivity index (χ0n) is 16.7. The van der Waals surface area contributed by atoms with Gasteiger partial charge in [0.1, 0.15) is 5.75 Å². The largest absolute Gasteiger partial charge is 0.493 e. The van der Waals surface area contributed by atoms with Crippen LogP contribution >= 0.6 is 0 Å². The van der Waals surface area contributed by atoms with E-state index < -0.39 is 5.97 Å². The smallest absolute Gasteiger partial charge is 0.307 e. The summed E-state index contributed by atoms with van der Waals surface area (Å²) in [5, 5.41) is 9.92. The molecule has 0 bridgehead atoms. The van der Waals surface area contributed by atoms with Gasteiger partial charge in [-0.15, -0.1) is 0 Å². The SMILES string of the molecule is CC/C=C/CCOc1ccc(C(=O)n2c(C)cc3c(CC(=O)O)cccc32)cc1. The summed E-state index contributed by atoms with van der Waals surface area (Å²) in [7, 11) is 0. The van der Waals surface area contributed by atoms with Crippen molar-refractivity contribution in [2.45, 2.75) is 33.1 Å². The van der Waals surface area contributed by atoms with Gasteiger partial charge in [0, 0.05) is 16.6 Å². The predicted molar refractivity (Wildman–Crippen MR) is 114 cm³/mol. The van der Waals surface area contributed by atoms with Crippen LogP contribution in [0.25, 0.3) is 10.9 Å². The molecule has 5 heteroatoms. The molecule has 0 saturated heterocycles. The van der Waals surface area contributed by atoms with Crippen molar-refractivity contribution in [1.82, 2.24) is 4.57 Å². The van der Waals surface area contributed by atoms with Crippen molar-refractivity contribution in [3.63, 3.8) is 0 Å². The molecule has 0 amide bonds. The molecule has 0 fully saturated rings. The van der Waals surface area contributed by atoms with Crippen LogP contribution in [0.2, 0.25) is 0 Å². The molecule has 0 saturated carbocycles. The molecule has 5 nitrogen and oxygen atoms in total. The first-order valence-corrected chi connectivity index (χ1v) is 9.75. The highest BCUT2D eigenvalue weighted by Crippen LogP contribution is 2.25. The summed E-state index contributed by atoms with van der Waals surface area (Å²) < 4.78 is 7.33. The summed E-state index contributed by atoms with van der Waals surface area (Å²) in [5.41, 5.74) is 2.73. The van der Waals surface area contributed by atoms with E-state index in [0.29, 0.717) is 23.3 Å². The average Bonchev–Trinajstić information content (AvgIpc) is 3.04. The van der Waals surface area contributed by atoms with Gasteiger partial charge in [-0.3, -0.25) is 14.2 Å². The lowest BCUT2D eigenvalue weighted by Gasteiger charge is -2.09. The van der Waals surface area contributed by atoms with E-state index in [2.05, 4.69) is 19.1 Å². The molecule has 0 aliphatic heterocycles. The number of ether oxygens (including phenoxy) is 1. The lowest BCUT2D eigenvalue weighted by molar-refractivity contribution is -0.136. The van der Waals surface area contributed by atoms with Gasteiger partial charge in [0.25, 0.3) is 5.91 Å². The first-order valence-electron chi connectivity index (χ1n) is 9.75. The van der Waals surface area contributed by atoms with Crippen LogP contribution in [0.4, 0.5) is 0 Å². The number of carboxylic acids is 1. The second-order valence-corrected chi connectivity index (χ2v) is 6.89. The van der Waals surface area contributed by atoms with Gasteiger partial charge in [0.05, 0.1) is 18.5 Å². The molecule has 0 aliphatic rings. The fourth-order valence-corrected chi connectivity index (χ4v) is 3.36. The van der Waals surface area contributed by atoms with E-state index >= 15 is 0 Å². The van der Waals surface area contributed by atoms with Gasteiger partial charge >= 0.3 is 5.97 Å². The summed E-state index contributed by atoms with van der Waals surface area (Å²) in [4.78, 5) is 24.2. The molecule has 3 aromatic rings. The molecule has 1 aromatic heterocycles. The summed E-state index contributed by atoms with van der Waals surface area (Å²) in [5.74, 6) is -0.318. The van der Waals surface area contributed by atoms with Gasteiger partial charge in [0.15, 0.2) is 0 Å². The first-order chi connectivity index (χ1) is 14.0. The number of aliphatic carboxylic acids is 1. The van der Waals surface area contributed by atoms with Gasteiger partial charge < -0.3 is 9.84 Å². The molecule has 29 heavy (non-hydrogen) atoms. The van der Waals surface area contributed by atoms with E-state index in [-0.39, 0.29) is 12.3 Å². The van der Waals surface area contributed by atoms with Gasteiger partial charge in [-0.1, -0.05) is 31.2 Å². The molecule has 3 rings (SSSR count). The van der Waals surface area contributed by atoms with Crippen LogP contribution in [-0.4, -0.2) is 28.2 Å². The van der Waals surface area contributed by atoms with Crippen molar-refractivity contribution in [1.29, 1.82) is 0 Å². The third kappa shape index (κ3) is 4.74. The van der Waals surface area contributed by atoms with E-state index in [1.54, 1.807) is 41.0 Å². The molecule has 1 heterocycles. The molecule has 150 valence electrons. The minimum absolute atomic E-state index is 0.0749. The highest BCUT2D eigenvalue weighted by molar-refractivity contribution is 6.04. The zero-order chi connectivity index (χ0) is 20.8. The Morgan fingerprint density at radius 1 is 1.10 bits per heavy atom. The minimum Gasteiger partial charge on any atom is -0.493 e. The van der Waals surface area contributed by atoms with E-state index in [0.717, 1.165) is 29.7 Å². The Bertz CT molecular complexity index is 1040. The maximum Gasteiger partial charge on any atom is 0.307 e. The van der Waals surface area contributed by atoms with Crippen LogP contribution in [0, 0.1) is 6.92 Å². The van der Waals surface area contributed by atoms with E-state index in [9.17, 15) is 9.59 Å². The van der Waals surface area contributed by atoms with E-state index in [4.69, 9.17) is 9.84 Å². The number of carbonyl (C=O) groups excluding carboxylic acids is 1. The molecule has 0 aliphatic carbocycles. The number of aryl methyl sites for hydroxylation is 1. The summed E-state index contributed by atoms with van der Waals surface area (Å²) in [6.45, 7) is 4.54. The highest BCUT2D eigenvalue weighted by Gasteiger charge is 2.17. The van der Waals surface area contributed by atoms with Crippen molar-refractivity contribution < 1.29 is 19.4 Å². The van der Waals surface area contributed by atoms with E-state index in [1.807, 2.05) is 19.1 Å². The average molecular weight is 391 g/mol. The van der Waals surface area contributed by atoms with Crippen molar-refractivity contribution in [3.05, 3.63) is 77.5 Å². The topological polar surface area (TPSA) is 68.5 Å². The van der Waals surface area contributed by atoms with Gasteiger partial charge in [-0.05, 0) is 61.7 Å². The van der Waals surface area contributed by atoms with E-state index in [1.165, 1.54) is 0 Å². The Hall–Kier alpha value is -3.34. The van der Waals surface area contributed by atoms with Crippen LogP contribution < -0.4 is 4.74 Å². The molecule has 2 aromatic carbocycles. The van der Waals surface area contributed by atoms with Crippen molar-refractivity contribution in [2.75, 3.05) is 6.61 Å². The molecular weight excluding hydrogens is 366 g/mol. The predicted octanol–water partition coefficient (Wildman–Crippen LogP) is 5.00. The summed E-state index contributed by atoms with van der Waals surface area (Å²) >= 11 is 0. The van der Waals surface area contributed by atoms with Crippen LogP contribution in [0.1, 0.15) is 41.4 Å². The van der Waals surface area contributed by atoms with Crippen LogP contribution in [0.3, 0.4) is 0 Å². The number of rotatable bonds is 8. The van der Waals surface area contributed by atoms with Crippen molar-refractivity contribution in [2.24, 2.45) is 0 Å². The van der Waals surface area contributed by atoms with Gasteiger partial charge in [-0.25, -0.2) is 0 Å². The second kappa shape index (κ2) is 9.24. The number of nitrogens with zero attached hydrogens (tertiary/aromatic N) is 1. The van der Waals surface area contributed by atoms with Gasteiger partial charge in [-0.2, -0.15) is 0 Å². The second-order valence-electron chi connectivity index (χ2n) is 6.89. The monoisotopic (exact) mass is 391 g/mol. The summed E-state index contributed by atoms with van der Waals surface area (Å²) in [6.07, 6.45) is 5.99. The minimum atomic E-state index is -0.894. The number of carbonyl (C=O) groups is 2. The zero-order valence-corrected chi connectivity index (χ0v) is 16.7. The van der Waals surface area contributed by atoms with Gasteiger partial charge in [0.2, 0.25) is 0 Å². The molecule has 0 atom stereocenters. The fraction of sp³-hybridized carbons (Fsp3) is 0.250. The number of carboxylic acid groups (broad SMARTS) is 1. The van der Waals surface area contributed by atoms with Crippen LogP contribution in [-0.2, 0) is 11.2 Å². The Morgan fingerprint density at radius 3 is 2.55 bits per heavy atom. The molecular formula is C24H25NO4. The quantitative estimate of drug-likeness (QED) is 0.433. The number of aromatic nitrogens is 1. The third-order valence-corrected chi connectivity index (χ3v) is 4.72. The molecule has 0 radical (unpaired) electrons. The lowest BCUT2D eigenvalue weighted by atomic mass is 10.1. The Balaban J connectivity index is 1.81. The summed E-state index contributed by atoms with van der Waals surface area (Å²) in [6, 6.07) is 14.4. The highest BCUT2D eigenvalue weighted by atomic mass is 16.5. The Morgan fingerprint density at radius 2 is 1.86 bits per heavy atom. The molecule has 1 N–H and O–H groups in total. The number of allylic oxidation sites excluding steroid dienone is 1. The number of benzene rings is 2. The lowest BCUT2D eigenvalue weighted by Crippen LogP contribution is -2.13. The molecule has 0 unspecified atom stereocenters. The number of hydrogen-bond donors (Lipinski definition) is 1. The number of fused-ring (bicyclic) bond motifs is 1. The fourth-order valence-electron chi connectivity index (χ4n) is 3.36. The van der Waals surface area contributed by atoms with Crippen LogP contribution in [0.5, 0.6) is 5.75 Å². The maximum atomic E-state index is 13.1. The van der Waals surface area contributed by atoms with Crippen LogP contribution in [0.15, 0.2) is 60.7 Å². The standard InChI is InChI=1S/C24H25NO4/c1-3-4-5-6-14-29-20-12-10-18(11-13-20)24(28)25-17(2)15-21-19(16-23(26)27)8-7-9-22(21)25/h4-5,7-13,15H,3,6,14,16H2,1-2H3,(H,26,27)/b5-4+. The maximum absolute atomic E-state index is 13.1. The van der Waals surface area contributed by atoms with Crippen molar-refractivity contribution >= 4 is 22.8 Å². The Labute approximate surface area is 170 Å². The first kappa shape index (κ1) is 20.4. The number of hydrogen-bond acceptors (Lipinski definition) is 3. The Kier molecular flexibility index (Phi) is 6.50. The normalized spacial score (nSPS) is 11.2. The third-order valence-electron chi connectivity index (χ3n) is 4.72. The molecule has 0 spiro atoms. The van der Waals surface area contributed by atoms with Crippen molar-refractivity contribution in [3.8, 4) is 5.75 Å².